The van der Waals surface area contributed by atoms with E-state index in [-0.39, 0.29) is 11.9 Å². The number of guanidine groups is 1. The molecule has 0 amide bonds. The van der Waals surface area contributed by atoms with Crippen molar-refractivity contribution in [3.63, 3.8) is 0 Å². The minimum atomic E-state index is -0.237. The zero-order chi connectivity index (χ0) is 18.9. The third-order valence-electron chi connectivity index (χ3n) is 4.59. The summed E-state index contributed by atoms with van der Waals surface area (Å²) >= 11 is 0. The van der Waals surface area contributed by atoms with Gasteiger partial charge in [0.25, 0.3) is 0 Å². The van der Waals surface area contributed by atoms with Crippen molar-refractivity contribution in [2.24, 2.45) is 10.7 Å². The summed E-state index contributed by atoms with van der Waals surface area (Å²) in [5.41, 5.74) is 8.07. The predicted octanol–water partition coefficient (Wildman–Crippen LogP) is 1.74. The average Bonchev–Trinajstić information content (AvgIpc) is 2.71. The molecule has 144 valence electrons. The Kier molecular flexibility index (Phi) is 7.12. The molecule has 1 aromatic carbocycles. The molecule has 0 saturated carbocycles. The van der Waals surface area contributed by atoms with Gasteiger partial charge in [-0.1, -0.05) is 18.2 Å². The molecule has 2 aromatic rings. The van der Waals surface area contributed by atoms with Crippen LogP contribution in [0.2, 0.25) is 0 Å². The van der Waals surface area contributed by atoms with Crippen LogP contribution < -0.4 is 11.1 Å². The highest BCUT2D eigenvalue weighted by molar-refractivity contribution is 5.77. The first-order chi connectivity index (χ1) is 13.2. The van der Waals surface area contributed by atoms with E-state index in [1.165, 1.54) is 12.1 Å². The number of rotatable bonds is 7. The second-order valence-electron chi connectivity index (χ2n) is 6.44. The maximum atomic E-state index is 13.3. The highest BCUT2D eigenvalue weighted by Gasteiger charge is 2.22. The first kappa shape index (κ1) is 19.3. The summed E-state index contributed by atoms with van der Waals surface area (Å²) in [7, 11) is 0. The van der Waals surface area contributed by atoms with Gasteiger partial charge in [-0.25, -0.2) is 4.39 Å². The number of morpholine rings is 1. The average molecular weight is 371 g/mol. The van der Waals surface area contributed by atoms with Crippen molar-refractivity contribution < 1.29 is 9.13 Å². The molecule has 6 nitrogen and oxygen atoms in total. The Hall–Kier alpha value is -2.51. The number of aromatic nitrogens is 1. The highest BCUT2D eigenvalue weighted by Crippen LogP contribution is 2.22. The van der Waals surface area contributed by atoms with Crippen molar-refractivity contribution >= 4 is 5.96 Å². The third kappa shape index (κ3) is 6.01. The Labute approximate surface area is 159 Å². The van der Waals surface area contributed by atoms with Crippen LogP contribution in [0.4, 0.5) is 4.39 Å². The molecular weight excluding hydrogens is 345 g/mol. The third-order valence-corrected chi connectivity index (χ3v) is 4.59. The summed E-state index contributed by atoms with van der Waals surface area (Å²) in [6, 6.07) is 12.5. The van der Waals surface area contributed by atoms with Crippen molar-refractivity contribution in [2.45, 2.75) is 12.5 Å². The highest BCUT2D eigenvalue weighted by atomic mass is 19.1. The minimum absolute atomic E-state index is 0.0469. The summed E-state index contributed by atoms with van der Waals surface area (Å²) in [5.74, 6) is 0.171. The normalized spacial score (nSPS) is 16.9. The molecule has 0 radical (unpaired) electrons. The number of ether oxygens (including phenoxy) is 1. The maximum absolute atomic E-state index is 13.3. The van der Waals surface area contributed by atoms with Crippen LogP contribution in [0.3, 0.4) is 0 Å². The number of nitrogens with zero attached hydrogens (tertiary/aromatic N) is 3. The largest absolute Gasteiger partial charge is 0.379 e. The van der Waals surface area contributed by atoms with Gasteiger partial charge in [-0.3, -0.25) is 14.9 Å². The summed E-state index contributed by atoms with van der Waals surface area (Å²) in [6.45, 7) is 4.22. The van der Waals surface area contributed by atoms with E-state index >= 15 is 0 Å². The van der Waals surface area contributed by atoms with Crippen LogP contribution in [0.1, 0.15) is 17.3 Å². The molecule has 0 bridgehead atoms. The Morgan fingerprint density at radius 3 is 2.70 bits per heavy atom. The predicted molar refractivity (Wildman–Crippen MR) is 104 cm³/mol. The summed E-state index contributed by atoms with van der Waals surface area (Å²) in [4.78, 5) is 11.1. The molecule has 1 aliphatic heterocycles. The zero-order valence-electron chi connectivity index (χ0n) is 15.4. The fourth-order valence-electron chi connectivity index (χ4n) is 3.11. The lowest BCUT2D eigenvalue weighted by Gasteiger charge is -2.34. The van der Waals surface area contributed by atoms with Crippen LogP contribution in [0.5, 0.6) is 0 Å². The van der Waals surface area contributed by atoms with Gasteiger partial charge in [0.1, 0.15) is 5.82 Å². The molecule has 3 N–H and O–H groups in total. The lowest BCUT2D eigenvalue weighted by atomic mass is 10.0. The Bertz CT molecular complexity index is 717. The molecule has 1 saturated heterocycles. The number of nitrogens with one attached hydrogen (secondary N) is 1. The minimum Gasteiger partial charge on any atom is -0.379 e. The van der Waals surface area contributed by atoms with Crippen molar-refractivity contribution in [2.75, 3.05) is 39.4 Å². The SMILES string of the molecule is NC(=NCC(c1ccc(F)cc1)N1CCOCC1)NCCc1ccccn1. The van der Waals surface area contributed by atoms with Gasteiger partial charge < -0.3 is 15.8 Å². The van der Waals surface area contributed by atoms with Gasteiger partial charge in [0.15, 0.2) is 5.96 Å². The molecule has 0 aliphatic carbocycles. The standard InChI is InChI=1S/C20H26FN5O/c21-17-6-4-16(5-7-17)19(26-11-13-27-14-12-26)15-25-20(22)24-10-8-18-3-1-2-9-23-18/h1-7,9,19H,8,10-15H2,(H3,22,24,25). The van der Waals surface area contributed by atoms with Crippen molar-refractivity contribution in [3.05, 3.63) is 65.7 Å². The van der Waals surface area contributed by atoms with E-state index in [0.717, 1.165) is 30.8 Å². The number of halogens is 1. The number of pyridine rings is 1. The molecule has 2 heterocycles. The number of hydrogen-bond acceptors (Lipinski definition) is 4. The van der Waals surface area contributed by atoms with Gasteiger partial charge in [0, 0.05) is 37.9 Å². The fourth-order valence-corrected chi connectivity index (χ4v) is 3.11. The van der Waals surface area contributed by atoms with Crippen LogP contribution in [-0.4, -0.2) is 55.2 Å². The fraction of sp³-hybridized carbons (Fsp3) is 0.400. The molecule has 3 rings (SSSR count). The molecular formula is C20H26FN5O. The number of benzene rings is 1. The smallest absolute Gasteiger partial charge is 0.188 e. The Balaban J connectivity index is 1.58. The van der Waals surface area contributed by atoms with Gasteiger partial charge in [0.2, 0.25) is 0 Å². The quantitative estimate of drug-likeness (QED) is 0.573. The molecule has 1 atom stereocenters. The molecule has 7 heteroatoms. The Morgan fingerprint density at radius 1 is 1.22 bits per heavy atom. The van der Waals surface area contributed by atoms with Crippen molar-refractivity contribution in [1.29, 1.82) is 0 Å². The second kappa shape index (κ2) is 9.99. The summed E-state index contributed by atoms with van der Waals surface area (Å²) in [5, 5.41) is 3.13. The molecule has 0 spiro atoms. The second-order valence-corrected chi connectivity index (χ2v) is 6.44. The molecule has 1 aromatic heterocycles. The molecule has 1 aliphatic rings. The van der Waals surface area contributed by atoms with E-state index < -0.39 is 0 Å². The van der Waals surface area contributed by atoms with Gasteiger partial charge in [-0.05, 0) is 29.8 Å². The summed E-state index contributed by atoms with van der Waals surface area (Å²) < 4.78 is 18.7. The van der Waals surface area contributed by atoms with Crippen molar-refractivity contribution in [1.82, 2.24) is 15.2 Å². The van der Waals surface area contributed by atoms with Crippen LogP contribution in [-0.2, 0) is 11.2 Å². The first-order valence-electron chi connectivity index (χ1n) is 9.23. The van der Waals surface area contributed by atoms with Crippen LogP contribution in [0, 0.1) is 5.82 Å². The number of hydrogen-bond donors (Lipinski definition) is 2. The van der Waals surface area contributed by atoms with E-state index in [9.17, 15) is 4.39 Å². The van der Waals surface area contributed by atoms with Gasteiger partial charge >= 0.3 is 0 Å². The number of nitrogens with two attached hydrogens (primary N) is 1. The van der Waals surface area contributed by atoms with Crippen molar-refractivity contribution in [3.8, 4) is 0 Å². The lowest BCUT2D eigenvalue weighted by molar-refractivity contribution is 0.0179. The first-order valence-corrected chi connectivity index (χ1v) is 9.23. The van der Waals surface area contributed by atoms with E-state index in [4.69, 9.17) is 10.5 Å². The molecule has 1 fully saturated rings. The van der Waals surface area contributed by atoms with E-state index in [0.29, 0.717) is 32.3 Å². The topological polar surface area (TPSA) is 75.8 Å². The van der Waals surface area contributed by atoms with E-state index in [1.807, 2.05) is 30.3 Å². The van der Waals surface area contributed by atoms with Crippen LogP contribution >= 0.6 is 0 Å². The van der Waals surface area contributed by atoms with Gasteiger partial charge in [-0.2, -0.15) is 0 Å². The molecule has 27 heavy (non-hydrogen) atoms. The van der Waals surface area contributed by atoms with E-state index in [2.05, 4.69) is 20.2 Å². The zero-order valence-corrected chi connectivity index (χ0v) is 15.4. The van der Waals surface area contributed by atoms with Gasteiger partial charge in [0.05, 0.1) is 25.8 Å². The van der Waals surface area contributed by atoms with E-state index in [1.54, 1.807) is 6.20 Å². The van der Waals surface area contributed by atoms with Crippen LogP contribution in [0.15, 0.2) is 53.7 Å². The summed E-state index contributed by atoms with van der Waals surface area (Å²) in [6.07, 6.45) is 2.56. The number of aliphatic imine (C=N–C) groups is 1. The Morgan fingerprint density at radius 2 is 2.00 bits per heavy atom. The monoisotopic (exact) mass is 371 g/mol. The van der Waals surface area contributed by atoms with Crippen LogP contribution in [0.25, 0.3) is 0 Å². The molecule has 1 unspecified atom stereocenters. The maximum Gasteiger partial charge on any atom is 0.188 e. The lowest BCUT2D eigenvalue weighted by Crippen LogP contribution is -2.41. The van der Waals surface area contributed by atoms with Gasteiger partial charge in [-0.15, -0.1) is 0 Å².